The maximum Gasteiger partial charge on any atom is 0.318 e. The molecular weight excluding hydrogens is 442 g/mol. The molecule has 1 N–H and O–H groups in total. The molecule has 2 aromatic rings. The molecule has 2 unspecified atom stereocenters. The van der Waals surface area contributed by atoms with Crippen molar-refractivity contribution in [3.8, 4) is 11.5 Å². The maximum atomic E-state index is 13.4. The third-order valence-corrected chi connectivity index (χ3v) is 6.68. The summed E-state index contributed by atoms with van der Waals surface area (Å²) in [4.78, 5) is 30.2. The Morgan fingerprint density at radius 1 is 0.971 bits per heavy atom. The van der Waals surface area contributed by atoms with Crippen LogP contribution in [0.25, 0.3) is 0 Å². The Kier molecular flexibility index (Phi) is 8.57. The van der Waals surface area contributed by atoms with Crippen molar-refractivity contribution in [1.82, 2.24) is 10.2 Å². The number of urea groups is 1. The van der Waals surface area contributed by atoms with E-state index in [-0.39, 0.29) is 22.9 Å². The van der Waals surface area contributed by atoms with E-state index in [2.05, 4.69) is 31.1 Å². The lowest BCUT2D eigenvalue weighted by Crippen LogP contribution is -2.47. The zero-order valence-electron chi connectivity index (χ0n) is 21.5. The fourth-order valence-electron chi connectivity index (χ4n) is 5.38. The summed E-state index contributed by atoms with van der Waals surface area (Å²) in [6.45, 7) is 7.99. The van der Waals surface area contributed by atoms with Crippen LogP contribution in [-0.4, -0.2) is 43.8 Å². The summed E-state index contributed by atoms with van der Waals surface area (Å²) in [5.41, 5.74) is 1.91. The van der Waals surface area contributed by atoms with Crippen LogP contribution < -0.4 is 14.8 Å². The Labute approximate surface area is 208 Å². The van der Waals surface area contributed by atoms with Gasteiger partial charge in [-0.05, 0) is 65.5 Å². The Balaban J connectivity index is 1.74. The molecule has 2 aromatic carbocycles. The summed E-state index contributed by atoms with van der Waals surface area (Å²) in [7, 11) is 3.27. The number of hydrogen-bond donors (Lipinski definition) is 1. The third kappa shape index (κ3) is 7.59. The van der Waals surface area contributed by atoms with Gasteiger partial charge in [0.25, 0.3) is 0 Å². The summed E-state index contributed by atoms with van der Waals surface area (Å²) in [6.07, 6.45) is 4.28. The minimum absolute atomic E-state index is 0.0363. The molecule has 35 heavy (non-hydrogen) atoms. The number of carbonyl (C=O) groups is 1. The molecule has 2 amide bonds. The molecular formula is C28H37N3O4. The fraction of sp³-hybridized carbons (Fsp3) is 0.500. The standard InChI is InChI=1S/C28H37N3O4/c1-27(2)14-23(30-20-32)15-28(3,18-27)19-29-26(33)31(16-21-6-10-24(34-4)11-7-21)17-22-8-12-25(35-5)13-9-22/h6-13,23H,14-19H2,1-5H3,(H,29,33). The molecule has 1 aliphatic carbocycles. The molecule has 1 aliphatic rings. The first-order chi connectivity index (χ1) is 16.6. The van der Waals surface area contributed by atoms with E-state index in [1.807, 2.05) is 53.4 Å². The third-order valence-electron chi connectivity index (χ3n) is 6.68. The van der Waals surface area contributed by atoms with Gasteiger partial charge < -0.3 is 19.7 Å². The van der Waals surface area contributed by atoms with E-state index in [0.29, 0.717) is 19.6 Å². The van der Waals surface area contributed by atoms with Gasteiger partial charge in [0.2, 0.25) is 6.08 Å². The first-order valence-electron chi connectivity index (χ1n) is 12.0. The number of nitrogens with one attached hydrogen (secondary N) is 1. The maximum absolute atomic E-state index is 13.4. The quantitative estimate of drug-likeness (QED) is 0.389. The molecule has 0 radical (unpaired) electrons. The van der Waals surface area contributed by atoms with Gasteiger partial charge in [-0.3, -0.25) is 0 Å². The molecule has 0 saturated heterocycles. The number of methoxy groups -OCH3 is 2. The zero-order valence-corrected chi connectivity index (χ0v) is 21.5. The fourth-order valence-corrected chi connectivity index (χ4v) is 5.38. The molecule has 0 aromatic heterocycles. The number of ether oxygens (including phenoxy) is 2. The van der Waals surface area contributed by atoms with Crippen molar-refractivity contribution in [2.75, 3.05) is 20.8 Å². The molecule has 3 rings (SSSR count). The van der Waals surface area contributed by atoms with Crippen LogP contribution in [0, 0.1) is 10.8 Å². The van der Waals surface area contributed by atoms with Crippen molar-refractivity contribution < 1.29 is 19.1 Å². The largest absolute Gasteiger partial charge is 0.497 e. The Bertz CT molecular complexity index is 980. The van der Waals surface area contributed by atoms with Crippen LogP contribution >= 0.6 is 0 Å². The Morgan fingerprint density at radius 3 is 1.94 bits per heavy atom. The molecule has 1 fully saturated rings. The lowest BCUT2D eigenvalue weighted by Gasteiger charge is -2.45. The highest BCUT2D eigenvalue weighted by Crippen LogP contribution is 2.46. The van der Waals surface area contributed by atoms with Crippen LogP contribution in [0.4, 0.5) is 4.79 Å². The average Bonchev–Trinajstić information content (AvgIpc) is 2.82. The molecule has 0 spiro atoms. The van der Waals surface area contributed by atoms with E-state index < -0.39 is 0 Å². The average molecular weight is 480 g/mol. The van der Waals surface area contributed by atoms with Crippen LogP contribution in [0.15, 0.2) is 53.5 Å². The van der Waals surface area contributed by atoms with E-state index in [9.17, 15) is 9.59 Å². The van der Waals surface area contributed by atoms with Gasteiger partial charge in [0.05, 0.1) is 20.3 Å². The molecule has 0 aliphatic heterocycles. The SMILES string of the molecule is COc1ccc(CN(Cc2ccc(OC)cc2)C(=O)NCC2(C)CC(N=C=O)CC(C)(C)C2)cc1. The highest BCUT2D eigenvalue weighted by Gasteiger charge is 2.41. The van der Waals surface area contributed by atoms with Crippen LogP contribution in [0.5, 0.6) is 11.5 Å². The van der Waals surface area contributed by atoms with Crippen LogP contribution in [0.3, 0.4) is 0 Å². The summed E-state index contributed by atoms with van der Waals surface area (Å²) < 4.78 is 10.5. The number of aliphatic imine (C=N–C) groups is 1. The smallest absolute Gasteiger partial charge is 0.318 e. The predicted molar refractivity (Wildman–Crippen MR) is 136 cm³/mol. The summed E-state index contributed by atoms with van der Waals surface area (Å²) in [5.74, 6) is 1.56. The van der Waals surface area contributed by atoms with E-state index >= 15 is 0 Å². The van der Waals surface area contributed by atoms with Crippen molar-refractivity contribution in [2.24, 2.45) is 15.8 Å². The van der Waals surface area contributed by atoms with Crippen molar-refractivity contribution >= 4 is 12.1 Å². The summed E-state index contributed by atoms with van der Waals surface area (Å²) >= 11 is 0. The monoisotopic (exact) mass is 479 g/mol. The first-order valence-corrected chi connectivity index (χ1v) is 12.0. The summed E-state index contributed by atoms with van der Waals surface area (Å²) in [5, 5.41) is 3.18. The topological polar surface area (TPSA) is 80.2 Å². The lowest BCUT2D eigenvalue weighted by molar-refractivity contribution is 0.0828. The molecule has 7 heteroatoms. The van der Waals surface area contributed by atoms with Gasteiger partial charge in [-0.15, -0.1) is 0 Å². The number of isocyanates is 1. The first kappa shape index (κ1) is 26.3. The number of nitrogens with zero attached hydrogens (tertiary/aromatic N) is 2. The molecule has 0 heterocycles. The number of hydrogen-bond acceptors (Lipinski definition) is 5. The molecule has 188 valence electrons. The van der Waals surface area contributed by atoms with Crippen molar-refractivity contribution in [3.05, 3.63) is 59.7 Å². The van der Waals surface area contributed by atoms with Crippen molar-refractivity contribution in [2.45, 2.75) is 59.2 Å². The Morgan fingerprint density at radius 2 is 1.49 bits per heavy atom. The second-order valence-corrected chi connectivity index (χ2v) is 10.6. The second kappa shape index (κ2) is 11.4. The lowest BCUT2D eigenvalue weighted by atomic mass is 9.63. The van der Waals surface area contributed by atoms with Gasteiger partial charge in [0.15, 0.2) is 0 Å². The normalized spacial score (nSPS) is 20.9. The minimum atomic E-state index is -0.158. The van der Waals surface area contributed by atoms with Gasteiger partial charge in [-0.1, -0.05) is 45.0 Å². The van der Waals surface area contributed by atoms with Gasteiger partial charge in [0, 0.05) is 19.6 Å². The van der Waals surface area contributed by atoms with Gasteiger partial charge in [0.1, 0.15) is 11.5 Å². The van der Waals surface area contributed by atoms with Crippen LogP contribution in [-0.2, 0) is 17.9 Å². The van der Waals surface area contributed by atoms with Crippen molar-refractivity contribution in [1.29, 1.82) is 0 Å². The predicted octanol–water partition coefficient (Wildman–Crippen LogP) is 5.34. The second-order valence-electron chi connectivity index (χ2n) is 10.6. The highest BCUT2D eigenvalue weighted by atomic mass is 16.5. The molecule has 0 bridgehead atoms. The number of amides is 2. The van der Waals surface area contributed by atoms with E-state index in [1.165, 1.54) is 0 Å². The highest BCUT2D eigenvalue weighted by molar-refractivity contribution is 5.74. The minimum Gasteiger partial charge on any atom is -0.497 e. The Hall–Kier alpha value is -3.31. The molecule has 1 saturated carbocycles. The van der Waals surface area contributed by atoms with Crippen molar-refractivity contribution in [3.63, 3.8) is 0 Å². The number of carbonyl (C=O) groups excluding carboxylic acids is 2. The van der Waals surface area contributed by atoms with Gasteiger partial charge >= 0.3 is 6.03 Å². The molecule has 7 nitrogen and oxygen atoms in total. The summed E-state index contributed by atoms with van der Waals surface area (Å²) in [6, 6.07) is 15.3. The van der Waals surface area contributed by atoms with Gasteiger partial charge in [-0.2, -0.15) is 0 Å². The zero-order chi connectivity index (χ0) is 25.5. The number of benzene rings is 2. The van der Waals surface area contributed by atoms with E-state index in [0.717, 1.165) is 41.9 Å². The van der Waals surface area contributed by atoms with E-state index in [4.69, 9.17) is 9.47 Å². The van der Waals surface area contributed by atoms with E-state index in [1.54, 1.807) is 20.3 Å². The molecule has 2 atom stereocenters. The number of rotatable bonds is 9. The van der Waals surface area contributed by atoms with Crippen LogP contribution in [0.1, 0.15) is 51.2 Å². The van der Waals surface area contributed by atoms with Crippen LogP contribution in [0.2, 0.25) is 0 Å². The van der Waals surface area contributed by atoms with Gasteiger partial charge in [-0.25, -0.2) is 14.6 Å².